The predicted molar refractivity (Wildman–Crippen MR) is 71.9 cm³/mol. The van der Waals surface area contributed by atoms with E-state index in [1.165, 1.54) is 19.2 Å². The number of carbonyl (C=O) groups excluding carboxylic acids is 1. The molecule has 6 nitrogen and oxygen atoms in total. The van der Waals surface area contributed by atoms with Crippen LogP contribution in [0.5, 0.6) is 0 Å². The number of sulfonamides is 1. The summed E-state index contributed by atoms with van der Waals surface area (Å²) in [5, 5.41) is 0. The zero-order valence-corrected chi connectivity index (χ0v) is 11.8. The fourth-order valence-corrected chi connectivity index (χ4v) is 2.68. The molecule has 0 aromatic heterocycles. The molecule has 7 heteroatoms. The van der Waals surface area contributed by atoms with Crippen molar-refractivity contribution in [3.05, 3.63) is 24.3 Å². The van der Waals surface area contributed by atoms with Gasteiger partial charge in [0.1, 0.15) is 0 Å². The Kier molecular flexibility index (Phi) is 5.31. The molecule has 0 heterocycles. The van der Waals surface area contributed by atoms with Gasteiger partial charge in [-0.3, -0.25) is 4.79 Å². The normalized spacial score (nSPS) is 11.5. The Morgan fingerprint density at radius 2 is 2.11 bits per heavy atom. The van der Waals surface area contributed by atoms with Gasteiger partial charge in [-0.2, -0.15) is 0 Å². The van der Waals surface area contributed by atoms with Crippen molar-refractivity contribution in [2.75, 3.05) is 25.9 Å². The third-order valence-corrected chi connectivity index (χ3v) is 4.36. The van der Waals surface area contributed by atoms with Crippen molar-refractivity contribution in [1.82, 2.24) is 4.31 Å². The molecule has 0 atom stereocenters. The summed E-state index contributed by atoms with van der Waals surface area (Å²) in [6.45, 7) is 2.05. The monoisotopic (exact) mass is 286 g/mol. The smallest absolute Gasteiger partial charge is 0.307 e. The van der Waals surface area contributed by atoms with Crippen LogP contribution in [0, 0.1) is 0 Å². The zero-order valence-electron chi connectivity index (χ0n) is 11.0. The van der Waals surface area contributed by atoms with Crippen molar-refractivity contribution in [3.8, 4) is 0 Å². The molecule has 0 unspecified atom stereocenters. The molecule has 0 fully saturated rings. The molecule has 0 spiro atoms. The van der Waals surface area contributed by atoms with Gasteiger partial charge < -0.3 is 10.5 Å². The molecule has 0 saturated heterocycles. The maximum atomic E-state index is 12.2. The molecule has 0 saturated carbocycles. The van der Waals surface area contributed by atoms with E-state index in [4.69, 9.17) is 10.5 Å². The molecule has 0 aliphatic carbocycles. The summed E-state index contributed by atoms with van der Waals surface area (Å²) in [6.07, 6.45) is 0.0197. The number of nitrogen functional groups attached to an aromatic ring is 1. The zero-order chi connectivity index (χ0) is 14.5. The van der Waals surface area contributed by atoms with Gasteiger partial charge in [-0.25, -0.2) is 12.7 Å². The van der Waals surface area contributed by atoms with E-state index in [-0.39, 0.29) is 24.5 Å². The maximum Gasteiger partial charge on any atom is 0.307 e. The van der Waals surface area contributed by atoms with E-state index in [1.54, 1.807) is 19.1 Å². The van der Waals surface area contributed by atoms with Crippen molar-refractivity contribution in [1.29, 1.82) is 0 Å². The highest BCUT2D eigenvalue weighted by atomic mass is 32.2. The number of carbonyl (C=O) groups is 1. The maximum absolute atomic E-state index is 12.2. The molecule has 1 rings (SSSR count). The van der Waals surface area contributed by atoms with Crippen molar-refractivity contribution in [2.45, 2.75) is 18.2 Å². The van der Waals surface area contributed by atoms with E-state index >= 15 is 0 Å². The highest BCUT2D eigenvalue weighted by Gasteiger charge is 2.21. The number of benzene rings is 1. The van der Waals surface area contributed by atoms with Gasteiger partial charge in [0.15, 0.2) is 0 Å². The first kappa shape index (κ1) is 15.5. The first-order chi connectivity index (χ1) is 8.87. The fraction of sp³-hybridized carbons (Fsp3) is 0.417. The quantitative estimate of drug-likeness (QED) is 0.618. The van der Waals surface area contributed by atoms with Crippen LogP contribution in [-0.4, -0.2) is 38.9 Å². The first-order valence-electron chi connectivity index (χ1n) is 5.85. The Labute approximate surface area is 113 Å². The third-order valence-electron chi connectivity index (χ3n) is 2.50. The lowest BCUT2D eigenvalue weighted by atomic mass is 10.3. The highest BCUT2D eigenvalue weighted by Crippen LogP contribution is 2.17. The Morgan fingerprint density at radius 1 is 1.42 bits per heavy atom. The molecule has 106 valence electrons. The van der Waals surface area contributed by atoms with E-state index in [1.807, 2.05) is 0 Å². The van der Waals surface area contributed by atoms with E-state index < -0.39 is 16.0 Å². The molecule has 1 aromatic rings. The Morgan fingerprint density at radius 3 is 2.68 bits per heavy atom. The van der Waals surface area contributed by atoms with Crippen LogP contribution in [0.1, 0.15) is 13.3 Å². The number of nitrogens with two attached hydrogens (primary N) is 1. The summed E-state index contributed by atoms with van der Waals surface area (Å²) in [5.41, 5.74) is 5.93. The van der Waals surface area contributed by atoms with Crippen molar-refractivity contribution >= 4 is 21.7 Å². The number of hydrogen-bond acceptors (Lipinski definition) is 5. The number of rotatable bonds is 6. The van der Waals surface area contributed by atoms with Gasteiger partial charge >= 0.3 is 5.97 Å². The van der Waals surface area contributed by atoms with Gasteiger partial charge in [-0.15, -0.1) is 0 Å². The minimum absolute atomic E-state index is 0.0197. The van der Waals surface area contributed by atoms with Crippen LogP contribution in [0.2, 0.25) is 0 Å². The van der Waals surface area contributed by atoms with Gasteiger partial charge in [-0.1, -0.05) is 6.07 Å². The molecule has 0 amide bonds. The molecule has 0 aliphatic rings. The molecule has 2 N–H and O–H groups in total. The van der Waals surface area contributed by atoms with Gasteiger partial charge in [0.05, 0.1) is 17.9 Å². The summed E-state index contributed by atoms with van der Waals surface area (Å²) in [4.78, 5) is 11.3. The third kappa shape index (κ3) is 4.22. The molecule has 0 aliphatic heterocycles. The van der Waals surface area contributed by atoms with Crippen LogP contribution in [0.4, 0.5) is 5.69 Å². The standard InChI is InChI=1S/C12H18N2O4S/c1-3-18-12(15)7-8-14(2)19(16,17)11-6-4-5-10(13)9-11/h4-6,9H,3,7-8,13H2,1-2H3. The second kappa shape index (κ2) is 6.53. The van der Waals surface area contributed by atoms with Crippen molar-refractivity contribution in [2.24, 2.45) is 0 Å². The molecular weight excluding hydrogens is 268 g/mol. The number of hydrogen-bond donors (Lipinski definition) is 1. The SMILES string of the molecule is CCOC(=O)CCN(C)S(=O)(=O)c1cccc(N)c1. The number of anilines is 1. The lowest BCUT2D eigenvalue weighted by Gasteiger charge is -2.16. The Bertz CT molecular complexity index is 542. The average Bonchev–Trinajstić information content (AvgIpc) is 2.36. The van der Waals surface area contributed by atoms with Crippen LogP contribution < -0.4 is 5.73 Å². The summed E-state index contributed by atoms with van der Waals surface area (Å²) >= 11 is 0. The highest BCUT2D eigenvalue weighted by molar-refractivity contribution is 7.89. The summed E-state index contributed by atoms with van der Waals surface area (Å²) in [5.74, 6) is -0.419. The van der Waals surface area contributed by atoms with Crippen LogP contribution in [-0.2, 0) is 19.6 Å². The van der Waals surface area contributed by atoms with Crippen LogP contribution >= 0.6 is 0 Å². The van der Waals surface area contributed by atoms with E-state index in [0.29, 0.717) is 5.69 Å². The van der Waals surface area contributed by atoms with Gasteiger partial charge in [0.25, 0.3) is 0 Å². The minimum atomic E-state index is -3.63. The number of esters is 1. The first-order valence-corrected chi connectivity index (χ1v) is 7.29. The predicted octanol–water partition coefficient (Wildman–Crippen LogP) is 0.842. The van der Waals surface area contributed by atoms with Crippen molar-refractivity contribution < 1.29 is 17.9 Å². The number of nitrogens with zero attached hydrogens (tertiary/aromatic N) is 1. The number of ether oxygens (including phenoxy) is 1. The summed E-state index contributed by atoms with van der Waals surface area (Å²) in [6, 6.07) is 6.03. The van der Waals surface area contributed by atoms with Crippen molar-refractivity contribution in [3.63, 3.8) is 0 Å². The van der Waals surface area contributed by atoms with Crippen LogP contribution in [0.3, 0.4) is 0 Å². The van der Waals surface area contributed by atoms with Crippen LogP contribution in [0.15, 0.2) is 29.2 Å². The topological polar surface area (TPSA) is 89.7 Å². The van der Waals surface area contributed by atoms with Gasteiger partial charge in [0.2, 0.25) is 10.0 Å². The summed E-state index contributed by atoms with van der Waals surface area (Å²) < 4.78 is 30.2. The molecule has 0 radical (unpaired) electrons. The fourth-order valence-electron chi connectivity index (χ4n) is 1.46. The van der Waals surface area contributed by atoms with E-state index in [9.17, 15) is 13.2 Å². The lowest BCUT2D eigenvalue weighted by Crippen LogP contribution is -2.29. The van der Waals surface area contributed by atoms with E-state index in [2.05, 4.69) is 0 Å². The summed E-state index contributed by atoms with van der Waals surface area (Å²) in [7, 11) is -2.21. The van der Waals surface area contributed by atoms with Gasteiger partial charge in [0, 0.05) is 19.3 Å². The largest absolute Gasteiger partial charge is 0.466 e. The second-order valence-electron chi connectivity index (χ2n) is 3.95. The molecule has 0 bridgehead atoms. The van der Waals surface area contributed by atoms with Crippen LogP contribution in [0.25, 0.3) is 0 Å². The average molecular weight is 286 g/mol. The Balaban J connectivity index is 2.75. The lowest BCUT2D eigenvalue weighted by molar-refractivity contribution is -0.143. The minimum Gasteiger partial charge on any atom is -0.466 e. The van der Waals surface area contributed by atoms with Gasteiger partial charge in [-0.05, 0) is 25.1 Å². The molecular formula is C12H18N2O4S. The Hall–Kier alpha value is -1.60. The second-order valence-corrected chi connectivity index (χ2v) is 6.00. The van der Waals surface area contributed by atoms with E-state index in [0.717, 1.165) is 4.31 Å². The molecule has 1 aromatic carbocycles. The molecule has 19 heavy (non-hydrogen) atoms.